The van der Waals surface area contributed by atoms with Crippen molar-refractivity contribution < 1.29 is 18.0 Å². The summed E-state index contributed by atoms with van der Waals surface area (Å²) in [5.74, 6) is 0.167. The summed E-state index contributed by atoms with van der Waals surface area (Å²) in [6.45, 7) is 3.93. The average molecular weight is 379 g/mol. The van der Waals surface area contributed by atoms with Crippen LogP contribution in [-0.2, 0) is 19.1 Å². The molecular weight excluding hydrogens is 355 g/mol. The second kappa shape index (κ2) is 8.15. The number of aromatic nitrogens is 2. The number of rotatable bonds is 5. The van der Waals surface area contributed by atoms with Crippen molar-refractivity contribution in [1.29, 1.82) is 0 Å². The summed E-state index contributed by atoms with van der Waals surface area (Å²) >= 11 is 0. The van der Waals surface area contributed by atoms with Gasteiger partial charge in [-0.1, -0.05) is 18.2 Å². The van der Waals surface area contributed by atoms with Crippen LogP contribution in [0.5, 0.6) is 0 Å². The second-order valence-corrected chi connectivity index (χ2v) is 7.04. The molecule has 0 bridgehead atoms. The Balaban J connectivity index is 1.61. The lowest BCUT2D eigenvalue weighted by molar-refractivity contribution is -0.138. The molecule has 146 valence electrons. The Morgan fingerprint density at radius 3 is 2.78 bits per heavy atom. The van der Waals surface area contributed by atoms with Gasteiger partial charge in [-0.25, -0.2) is 0 Å². The maximum Gasteiger partial charge on any atom is 0.416 e. The number of carbonyl (C=O) groups excluding carboxylic acids is 1. The Bertz CT molecular complexity index is 785. The van der Waals surface area contributed by atoms with Crippen LogP contribution in [0.3, 0.4) is 0 Å². The van der Waals surface area contributed by atoms with Gasteiger partial charge < -0.3 is 4.90 Å². The molecule has 3 rings (SSSR count). The van der Waals surface area contributed by atoms with Crippen LogP contribution < -0.4 is 0 Å². The number of piperidine rings is 1. The Morgan fingerprint density at radius 2 is 2.07 bits per heavy atom. The summed E-state index contributed by atoms with van der Waals surface area (Å²) in [5.41, 5.74) is 0.346. The van der Waals surface area contributed by atoms with Gasteiger partial charge in [0, 0.05) is 25.8 Å². The van der Waals surface area contributed by atoms with Gasteiger partial charge in [-0.05, 0) is 50.2 Å². The average Bonchev–Trinajstić information content (AvgIpc) is 3.15. The molecule has 1 amide bonds. The molecule has 1 saturated heterocycles. The number of hydrogen-bond donors (Lipinski definition) is 0. The molecule has 1 fully saturated rings. The van der Waals surface area contributed by atoms with E-state index in [4.69, 9.17) is 0 Å². The van der Waals surface area contributed by atoms with Crippen molar-refractivity contribution in [3.63, 3.8) is 0 Å². The third-order valence-corrected chi connectivity index (χ3v) is 5.16. The lowest BCUT2D eigenvalue weighted by Gasteiger charge is -2.32. The topological polar surface area (TPSA) is 38.1 Å². The van der Waals surface area contributed by atoms with E-state index in [2.05, 4.69) is 5.10 Å². The molecule has 1 aliphatic heterocycles. The fourth-order valence-electron chi connectivity index (χ4n) is 3.69. The zero-order valence-corrected chi connectivity index (χ0v) is 15.4. The van der Waals surface area contributed by atoms with Crippen molar-refractivity contribution in [2.24, 2.45) is 5.92 Å². The highest BCUT2D eigenvalue weighted by molar-refractivity contribution is 5.93. The maximum atomic E-state index is 13.1. The summed E-state index contributed by atoms with van der Waals surface area (Å²) in [6, 6.07) is 5.75. The lowest BCUT2D eigenvalue weighted by atomic mass is 9.90. The SMILES string of the molecule is CCn1cc(C(=O)N2CCC[C@H](CCc3ccccc3C(F)(F)F)C2)cn1. The molecule has 0 aliphatic carbocycles. The van der Waals surface area contributed by atoms with E-state index >= 15 is 0 Å². The smallest absolute Gasteiger partial charge is 0.338 e. The van der Waals surface area contributed by atoms with Crippen molar-refractivity contribution in [1.82, 2.24) is 14.7 Å². The van der Waals surface area contributed by atoms with Crippen molar-refractivity contribution in [3.8, 4) is 0 Å². The van der Waals surface area contributed by atoms with Crippen molar-refractivity contribution in [3.05, 3.63) is 53.3 Å². The first kappa shape index (κ1) is 19.5. The minimum Gasteiger partial charge on any atom is -0.338 e. The highest BCUT2D eigenvalue weighted by atomic mass is 19.4. The first-order valence-electron chi connectivity index (χ1n) is 9.35. The molecule has 2 heterocycles. The summed E-state index contributed by atoms with van der Waals surface area (Å²) < 4.78 is 41.1. The van der Waals surface area contributed by atoms with Crippen molar-refractivity contribution in [2.75, 3.05) is 13.1 Å². The van der Waals surface area contributed by atoms with Crippen LogP contribution >= 0.6 is 0 Å². The third-order valence-electron chi connectivity index (χ3n) is 5.16. The predicted octanol–water partition coefficient (Wildman–Crippen LogP) is 4.41. The van der Waals surface area contributed by atoms with Crippen LogP contribution in [0.2, 0.25) is 0 Å². The molecule has 4 nitrogen and oxygen atoms in total. The fourth-order valence-corrected chi connectivity index (χ4v) is 3.69. The van der Waals surface area contributed by atoms with Gasteiger partial charge in [-0.2, -0.15) is 18.3 Å². The molecule has 0 spiro atoms. The standard InChI is InChI=1S/C20H24F3N3O/c1-2-26-14-17(12-24-26)19(27)25-11-5-6-15(13-25)9-10-16-7-3-4-8-18(16)20(21,22)23/h3-4,7-8,12,14-15H,2,5-6,9-11,13H2,1H3/t15-/m1/s1. The van der Waals surface area contributed by atoms with E-state index < -0.39 is 11.7 Å². The van der Waals surface area contributed by atoms with Crippen LogP contribution in [0.4, 0.5) is 13.2 Å². The largest absolute Gasteiger partial charge is 0.416 e. The molecule has 1 atom stereocenters. The van der Waals surface area contributed by atoms with Crippen LogP contribution in [0.15, 0.2) is 36.7 Å². The number of hydrogen-bond acceptors (Lipinski definition) is 2. The van der Waals surface area contributed by atoms with Crippen LogP contribution in [0.25, 0.3) is 0 Å². The Kier molecular flexibility index (Phi) is 5.87. The normalized spacial score (nSPS) is 17.9. The molecule has 2 aromatic rings. The van der Waals surface area contributed by atoms with Gasteiger partial charge in [-0.15, -0.1) is 0 Å². The van der Waals surface area contributed by atoms with Gasteiger partial charge in [0.15, 0.2) is 0 Å². The first-order valence-corrected chi connectivity index (χ1v) is 9.35. The van der Waals surface area contributed by atoms with Crippen molar-refractivity contribution in [2.45, 2.75) is 45.3 Å². The summed E-state index contributed by atoms with van der Waals surface area (Å²) in [5, 5.41) is 4.14. The molecule has 1 aromatic carbocycles. The van der Waals surface area contributed by atoms with Gasteiger partial charge in [0.2, 0.25) is 0 Å². The Hall–Kier alpha value is -2.31. The van der Waals surface area contributed by atoms with E-state index in [1.165, 1.54) is 6.07 Å². The number of likely N-dealkylation sites (tertiary alicyclic amines) is 1. The quantitative estimate of drug-likeness (QED) is 0.772. The second-order valence-electron chi connectivity index (χ2n) is 7.04. The molecule has 0 radical (unpaired) electrons. The molecule has 1 aliphatic rings. The third kappa shape index (κ3) is 4.70. The molecule has 1 aromatic heterocycles. The highest BCUT2D eigenvalue weighted by Crippen LogP contribution is 2.33. The summed E-state index contributed by atoms with van der Waals surface area (Å²) in [6.07, 6.45) is 1.82. The minimum atomic E-state index is -4.33. The number of amides is 1. The summed E-state index contributed by atoms with van der Waals surface area (Å²) in [4.78, 5) is 14.5. The van der Waals surface area contributed by atoms with Crippen LogP contribution in [0.1, 0.15) is 47.7 Å². The van der Waals surface area contributed by atoms with E-state index in [-0.39, 0.29) is 11.8 Å². The van der Waals surface area contributed by atoms with Gasteiger partial charge in [0.25, 0.3) is 5.91 Å². The Labute approximate surface area is 157 Å². The number of carbonyl (C=O) groups is 1. The predicted molar refractivity (Wildman–Crippen MR) is 96.3 cm³/mol. The fraction of sp³-hybridized carbons (Fsp3) is 0.500. The molecule has 27 heavy (non-hydrogen) atoms. The first-order chi connectivity index (χ1) is 12.9. The van der Waals surface area contributed by atoms with E-state index in [1.54, 1.807) is 34.1 Å². The van der Waals surface area contributed by atoms with Gasteiger partial charge in [0.05, 0.1) is 17.3 Å². The number of halogens is 3. The molecule has 0 N–H and O–H groups in total. The molecular formula is C20H24F3N3O. The van der Waals surface area contributed by atoms with E-state index in [0.717, 1.165) is 18.9 Å². The highest BCUT2D eigenvalue weighted by Gasteiger charge is 2.33. The number of alkyl halides is 3. The van der Waals surface area contributed by atoms with Crippen LogP contribution in [-0.4, -0.2) is 33.7 Å². The number of nitrogens with zero attached hydrogens (tertiary/aromatic N) is 3. The zero-order valence-electron chi connectivity index (χ0n) is 15.4. The maximum absolute atomic E-state index is 13.1. The van der Waals surface area contributed by atoms with E-state index in [9.17, 15) is 18.0 Å². The van der Waals surface area contributed by atoms with E-state index in [0.29, 0.717) is 43.6 Å². The number of benzene rings is 1. The van der Waals surface area contributed by atoms with Crippen molar-refractivity contribution >= 4 is 5.91 Å². The number of aryl methyl sites for hydroxylation is 2. The molecule has 0 unspecified atom stereocenters. The molecule has 0 saturated carbocycles. The summed E-state index contributed by atoms with van der Waals surface area (Å²) in [7, 11) is 0. The van der Waals surface area contributed by atoms with Gasteiger partial charge in [-0.3, -0.25) is 9.48 Å². The lowest BCUT2D eigenvalue weighted by Crippen LogP contribution is -2.40. The molecule has 7 heteroatoms. The van der Waals surface area contributed by atoms with E-state index in [1.807, 2.05) is 6.92 Å². The Morgan fingerprint density at radius 1 is 1.30 bits per heavy atom. The van der Waals surface area contributed by atoms with Gasteiger partial charge in [0.1, 0.15) is 0 Å². The minimum absolute atomic E-state index is 0.0462. The van der Waals surface area contributed by atoms with Crippen LogP contribution in [0, 0.1) is 5.92 Å². The van der Waals surface area contributed by atoms with Gasteiger partial charge >= 0.3 is 6.18 Å². The monoisotopic (exact) mass is 379 g/mol. The zero-order chi connectivity index (χ0) is 19.4.